The molecule has 0 N–H and O–H groups in total. The third kappa shape index (κ3) is 25.1. The summed E-state index contributed by atoms with van der Waals surface area (Å²) < 4.78 is 0. The van der Waals surface area contributed by atoms with Gasteiger partial charge in [-0.15, -0.1) is 0 Å². The molecule has 0 fully saturated rings. The first-order valence-electron chi connectivity index (χ1n) is 0. The zero-order valence-electron chi connectivity index (χ0n) is 1.44. The first kappa shape index (κ1) is 53.0. The average Bonchev–Trinajstić information content (AvgIpc) is 0. The molecule has 0 saturated carbocycles. The van der Waals surface area contributed by atoms with Crippen LogP contribution in [0.4, 0.5) is 0 Å². The summed E-state index contributed by atoms with van der Waals surface area (Å²) >= 11 is 0. The fourth-order valence-electron chi connectivity index (χ4n) is 0. The van der Waals surface area contributed by atoms with Crippen molar-refractivity contribution in [1.82, 2.24) is 0 Å². The molecule has 0 nitrogen and oxygen atoms in total. The molecular weight excluding hydrogens is 251 g/mol. The molecule has 0 aliphatic rings. The first-order chi connectivity index (χ1) is 0. The van der Waals surface area contributed by atoms with Gasteiger partial charge in [-0.2, -0.15) is 0 Å². The van der Waals surface area contributed by atoms with Crippen molar-refractivity contribution in [2.75, 3.05) is 0 Å². The summed E-state index contributed by atoms with van der Waals surface area (Å²) in [5, 5.41) is 0. The summed E-state index contributed by atoms with van der Waals surface area (Å²) in [7, 11) is 0. The van der Waals surface area contributed by atoms with E-state index in [0.29, 0.717) is 0 Å². The van der Waals surface area contributed by atoms with Gasteiger partial charge in [0.2, 0.25) is 0 Å². The molecule has 0 aliphatic carbocycles. The molecule has 0 aromatic carbocycles. The van der Waals surface area contributed by atoms with Crippen LogP contribution >= 0.6 is 0 Å². The molecule has 6 heavy (non-hydrogen) atoms. The van der Waals surface area contributed by atoms with Crippen molar-refractivity contribution in [2.24, 2.45) is 0 Å². The largest absolute Gasteiger partial charge is 0.316 e. The van der Waals surface area contributed by atoms with Crippen molar-refractivity contribution < 1.29 is 53.6 Å². The van der Waals surface area contributed by atoms with Gasteiger partial charge in [0.1, 0.15) is 0 Å². The van der Waals surface area contributed by atoms with E-state index in [0.717, 1.165) is 0 Å². The van der Waals surface area contributed by atoms with Crippen molar-refractivity contribution in [3.05, 3.63) is 0 Å². The third-order valence-corrected chi connectivity index (χ3v) is 0. The van der Waals surface area contributed by atoms with Gasteiger partial charge in [0.25, 0.3) is 0 Å². The Morgan fingerprint density at radius 3 is 1.00 bits per heavy atom. The normalized spacial score (nSPS) is 0. The van der Waals surface area contributed by atoms with E-state index in [2.05, 4.69) is 0 Å². The van der Waals surface area contributed by atoms with Gasteiger partial charge in [0.05, 0.1) is 8.41 Å². The van der Waals surface area contributed by atoms with E-state index in [1.807, 2.05) is 0 Å². The maximum atomic E-state index is 0. The van der Waals surface area contributed by atoms with E-state index in [9.17, 15) is 0 Å². The van der Waals surface area contributed by atoms with Crippen LogP contribution in [0.15, 0.2) is 0 Å². The Labute approximate surface area is 120 Å². The monoisotopic (exact) mass is 257 g/mol. The van der Waals surface area contributed by atoms with Crippen LogP contribution < -0.4 is 0 Å². The van der Waals surface area contributed by atoms with Crippen molar-refractivity contribution in [1.29, 1.82) is 0 Å². The molecular formula is H7BCaFeMgMnZn. The topological polar surface area (TPSA) is 0 Å². The van der Waals surface area contributed by atoms with Crippen LogP contribution in [0.3, 0.4) is 0 Å². The molecule has 0 spiro atoms. The molecule has 0 aliphatic heterocycles. The zero-order chi connectivity index (χ0) is 0. The molecule has 1 radical (unpaired) electrons. The van der Waals surface area contributed by atoms with Crippen LogP contribution in [-0.4, -0.2) is 69.2 Å². The van der Waals surface area contributed by atoms with E-state index < -0.39 is 0 Å². The predicted octanol–water partition coefficient (Wildman–Crippen LogP) is -3.02. The van der Waals surface area contributed by atoms with Crippen LogP contribution in [0.1, 0.15) is 0 Å². The van der Waals surface area contributed by atoms with Gasteiger partial charge in [-0.05, 0) is 0 Å². The van der Waals surface area contributed by atoms with Crippen LogP contribution in [-0.2, 0) is 53.6 Å². The molecule has 0 heterocycles. The summed E-state index contributed by atoms with van der Waals surface area (Å²) in [6.07, 6.45) is 0. The minimum atomic E-state index is 0. The fraction of sp³-hybridized carbons (Fsp3) is 0. The Bertz CT molecular complexity index is 15.5. The van der Waals surface area contributed by atoms with Crippen molar-refractivity contribution in [2.45, 2.75) is 0 Å². The second-order valence-electron chi connectivity index (χ2n) is 0. The summed E-state index contributed by atoms with van der Waals surface area (Å²) in [6.45, 7) is 0. The van der Waals surface area contributed by atoms with Crippen molar-refractivity contribution >= 4 is 69.2 Å². The maximum Gasteiger partial charge on any atom is 0.316 e. The molecule has 0 unspecified atom stereocenters. The summed E-state index contributed by atoms with van der Waals surface area (Å²) in [5.41, 5.74) is 0. The Morgan fingerprint density at radius 2 is 1.00 bits per heavy atom. The van der Waals surface area contributed by atoms with E-state index in [-0.39, 0.29) is 123 Å². The molecule has 6 heteroatoms. The van der Waals surface area contributed by atoms with Gasteiger partial charge in [-0.3, -0.25) is 0 Å². The fourth-order valence-corrected chi connectivity index (χ4v) is 0. The first-order valence-corrected chi connectivity index (χ1v) is 0. The standard InChI is InChI=1S/BH3.Ca.Fe.Mg.Mn.Zn.4H/h1H3;;;;;;;;;. The smallest absolute Gasteiger partial charge is 0 e. The molecule has 0 aromatic rings. The Kier molecular flexibility index (Phi) is 330. The van der Waals surface area contributed by atoms with Gasteiger partial charge in [0.15, 0.2) is 0 Å². The van der Waals surface area contributed by atoms with Gasteiger partial charge in [0, 0.05) is 53.6 Å². The van der Waals surface area contributed by atoms with E-state index >= 15 is 0 Å². The third-order valence-electron chi connectivity index (χ3n) is 0. The number of hydrogen-bond acceptors (Lipinski definition) is 0. The SMILES string of the molecule is B.[CaH2].[Fe].[MgH2].[Mn].[Zn]. The predicted molar refractivity (Wildman–Crippen MR) is 27.0 cm³/mol. The second kappa shape index (κ2) is 37.4. The molecule has 31 valence electrons. The quantitative estimate of drug-likeness (QED) is 0.406. The van der Waals surface area contributed by atoms with E-state index in [1.54, 1.807) is 0 Å². The second-order valence-corrected chi connectivity index (χ2v) is 0. The van der Waals surface area contributed by atoms with Crippen LogP contribution in [0.2, 0.25) is 0 Å². The average molecular weight is 258 g/mol. The van der Waals surface area contributed by atoms with Crippen LogP contribution in [0.5, 0.6) is 0 Å². The van der Waals surface area contributed by atoms with Crippen LogP contribution in [0, 0.1) is 0 Å². The van der Waals surface area contributed by atoms with E-state index in [1.165, 1.54) is 0 Å². The molecule has 0 bridgehead atoms. The molecule has 0 aromatic heterocycles. The molecule has 0 rings (SSSR count). The molecule has 0 saturated heterocycles. The summed E-state index contributed by atoms with van der Waals surface area (Å²) in [6, 6.07) is 0. The minimum Gasteiger partial charge on any atom is 0 e. The van der Waals surface area contributed by atoms with Crippen molar-refractivity contribution in [3.8, 4) is 0 Å². The summed E-state index contributed by atoms with van der Waals surface area (Å²) in [5.74, 6) is 0. The molecule has 0 atom stereocenters. The molecule has 0 amide bonds. The number of hydrogen-bond donors (Lipinski definition) is 0. The van der Waals surface area contributed by atoms with Gasteiger partial charge in [-0.25, -0.2) is 0 Å². The Morgan fingerprint density at radius 1 is 1.00 bits per heavy atom. The van der Waals surface area contributed by atoms with Crippen LogP contribution in [0.25, 0.3) is 0 Å². The zero-order valence-corrected chi connectivity index (χ0v) is 6.69. The Hall–Kier alpha value is 3.75. The van der Waals surface area contributed by atoms with E-state index in [4.69, 9.17) is 0 Å². The summed E-state index contributed by atoms with van der Waals surface area (Å²) in [4.78, 5) is 0. The Balaban J connectivity index is 0. The minimum absolute atomic E-state index is 0. The van der Waals surface area contributed by atoms with Crippen molar-refractivity contribution in [3.63, 3.8) is 0 Å². The maximum absolute atomic E-state index is 0. The van der Waals surface area contributed by atoms with Gasteiger partial charge >= 0.3 is 60.8 Å². The number of rotatable bonds is 0. The van der Waals surface area contributed by atoms with Gasteiger partial charge < -0.3 is 0 Å². The van der Waals surface area contributed by atoms with Gasteiger partial charge in [-0.1, -0.05) is 0 Å².